The minimum Gasteiger partial charge on any atom is -0.316 e. The number of hydrogen-bond donors (Lipinski definition) is 1. The maximum atomic E-state index is 6.29. The molecular weight excluding hydrogens is 241 g/mol. The quantitative estimate of drug-likeness (QED) is 0.747. The lowest BCUT2D eigenvalue weighted by molar-refractivity contribution is 0.277. The molecule has 86 valence electrons. The van der Waals surface area contributed by atoms with Crippen molar-refractivity contribution in [2.24, 2.45) is 5.41 Å². The predicted molar refractivity (Wildman–Crippen MR) is 68.5 cm³/mol. The summed E-state index contributed by atoms with van der Waals surface area (Å²) in [5.41, 5.74) is 3.10. The smallest absolute Gasteiger partial charge is 0.0627 e. The molecule has 1 fully saturated rings. The maximum Gasteiger partial charge on any atom is 0.0627 e. The molecule has 0 saturated carbocycles. The zero-order chi connectivity index (χ0) is 11.3. The number of nitrogens with one attached hydrogen (secondary N) is 1. The van der Waals surface area contributed by atoms with Gasteiger partial charge in [0.2, 0.25) is 0 Å². The third-order valence-electron chi connectivity index (χ3n) is 4.27. The molecule has 1 aromatic rings. The first-order valence-electron chi connectivity index (χ1n) is 5.79. The molecule has 0 unspecified atom stereocenters. The van der Waals surface area contributed by atoms with Crippen LogP contribution in [0.1, 0.15) is 30.4 Å². The molecule has 2 aliphatic rings. The van der Waals surface area contributed by atoms with Gasteiger partial charge in [-0.15, -0.1) is 0 Å². The van der Waals surface area contributed by atoms with Gasteiger partial charge in [-0.3, -0.25) is 0 Å². The van der Waals surface area contributed by atoms with Crippen LogP contribution in [0, 0.1) is 5.41 Å². The Kier molecular flexibility index (Phi) is 2.47. The van der Waals surface area contributed by atoms with Crippen LogP contribution in [-0.4, -0.2) is 13.1 Å². The van der Waals surface area contributed by atoms with Crippen LogP contribution in [0.3, 0.4) is 0 Å². The first kappa shape index (κ1) is 10.9. The molecule has 0 aromatic heterocycles. The van der Waals surface area contributed by atoms with Gasteiger partial charge in [0.25, 0.3) is 0 Å². The van der Waals surface area contributed by atoms with E-state index in [4.69, 9.17) is 23.2 Å². The highest BCUT2D eigenvalue weighted by Crippen LogP contribution is 2.49. The summed E-state index contributed by atoms with van der Waals surface area (Å²) in [6, 6.07) is 4.10. The van der Waals surface area contributed by atoms with E-state index >= 15 is 0 Å². The van der Waals surface area contributed by atoms with Crippen LogP contribution < -0.4 is 5.32 Å². The van der Waals surface area contributed by atoms with E-state index in [1.807, 2.05) is 6.07 Å². The largest absolute Gasteiger partial charge is 0.316 e. The van der Waals surface area contributed by atoms with Crippen LogP contribution in [0.25, 0.3) is 0 Å². The van der Waals surface area contributed by atoms with Gasteiger partial charge in [0.05, 0.1) is 10.0 Å². The molecule has 0 bridgehead atoms. The van der Waals surface area contributed by atoms with Crippen molar-refractivity contribution in [3.63, 3.8) is 0 Å². The van der Waals surface area contributed by atoms with Gasteiger partial charge in [0.1, 0.15) is 0 Å². The van der Waals surface area contributed by atoms with Gasteiger partial charge in [-0.25, -0.2) is 0 Å². The molecule has 2 atom stereocenters. The van der Waals surface area contributed by atoms with Crippen LogP contribution in [0.2, 0.25) is 10.0 Å². The lowest BCUT2D eigenvalue weighted by Crippen LogP contribution is -2.30. The summed E-state index contributed by atoms with van der Waals surface area (Å²) in [5, 5.41) is 4.96. The Morgan fingerprint density at radius 1 is 1.38 bits per heavy atom. The molecule has 1 aliphatic carbocycles. The molecular formula is C13H15Cl2N. The SMILES string of the molecule is C[C@]12CCc3c(ccc(Cl)c3Cl)[C@H]1CNC2. The van der Waals surface area contributed by atoms with E-state index in [1.54, 1.807) is 0 Å². The van der Waals surface area contributed by atoms with Crippen LogP contribution in [0.5, 0.6) is 0 Å². The Hall–Kier alpha value is -0.240. The zero-order valence-electron chi connectivity index (χ0n) is 9.32. The van der Waals surface area contributed by atoms with Crippen LogP contribution in [-0.2, 0) is 6.42 Å². The second-order valence-corrected chi connectivity index (χ2v) is 6.05. The molecule has 3 heteroatoms. The summed E-state index contributed by atoms with van der Waals surface area (Å²) in [6.45, 7) is 4.57. The van der Waals surface area contributed by atoms with Gasteiger partial charge in [-0.2, -0.15) is 0 Å². The fraction of sp³-hybridized carbons (Fsp3) is 0.538. The van der Waals surface area contributed by atoms with Crippen molar-refractivity contribution in [1.82, 2.24) is 5.32 Å². The molecule has 0 amide bonds. The van der Waals surface area contributed by atoms with E-state index < -0.39 is 0 Å². The molecule has 1 nitrogen and oxygen atoms in total. The lowest BCUT2D eigenvalue weighted by Gasteiger charge is -2.37. The van der Waals surface area contributed by atoms with Crippen molar-refractivity contribution >= 4 is 23.2 Å². The van der Waals surface area contributed by atoms with Crippen LogP contribution in [0.4, 0.5) is 0 Å². The van der Waals surface area contributed by atoms with Gasteiger partial charge >= 0.3 is 0 Å². The van der Waals surface area contributed by atoms with Gasteiger partial charge in [-0.1, -0.05) is 36.2 Å². The van der Waals surface area contributed by atoms with E-state index in [1.165, 1.54) is 17.5 Å². The molecule has 0 spiro atoms. The molecule has 16 heavy (non-hydrogen) atoms. The van der Waals surface area contributed by atoms with Gasteiger partial charge in [0, 0.05) is 19.0 Å². The van der Waals surface area contributed by atoms with Crippen LogP contribution in [0.15, 0.2) is 12.1 Å². The third kappa shape index (κ3) is 1.42. The molecule has 3 rings (SSSR count). The highest BCUT2D eigenvalue weighted by molar-refractivity contribution is 6.42. The fourth-order valence-electron chi connectivity index (χ4n) is 3.22. The van der Waals surface area contributed by atoms with Crippen molar-refractivity contribution in [3.05, 3.63) is 33.3 Å². The topological polar surface area (TPSA) is 12.0 Å². The fourth-order valence-corrected chi connectivity index (χ4v) is 3.66. The number of benzene rings is 1. The van der Waals surface area contributed by atoms with Crippen molar-refractivity contribution in [2.75, 3.05) is 13.1 Å². The standard InChI is InChI=1S/C13H15Cl2N/c1-13-5-4-9-8(10(13)6-16-7-13)2-3-11(14)12(9)15/h2-3,10,16H,4-7H2,1H3/t10-,13-/m1/s1. The van der Waals surface area contributed by atoms with Gasteiger partial charge < -0.3 is 5.32 Å². The minimum absolute atomic E-state index is 0.407. The molecule has 1 aliphatic heterocycles. The first-order valence-corrected chi connectivity index (χ1v) is 6.55. The summed E-state index contributed by atoms with van der Waals surface area (Å²) in [5.74, 6) is 0.603. The highest BCUT2D eigenvalue weighted by Gasteiger charge is 2.43. The lowest BCUT2D eigenvalue weighted by atomic mass is 9.67. The van der Waals surface area contributed by atoms with E-state index in [-0.39, 0.29) is 0 Å². The van der Waals surface area contributed by atoms with E-state index in [0.717, 1.165) is 24.5 Å². The highest BCUT2D eigenvalue weighted by atomic mass is 35.5. The van der Waals surface area contributed by atoms with E-state index in [9.17, 15) is 0 Å². The summed E-state index contributed by atoms with van der Waals surface area (Å²) < 4.78 is 0. The van der Waals surface area contributed by atoms with Gasteiger partial charge in [-0.05, 0) is 35.4 Å². The second kappa shape index (κ2) is 3.63. The normalized spacial score (nSPS) is 32.3. The van der Waals surface area contributed by atoms with Crippen molar-refractivity contribution < 1.29 is 0 Å². The van der Waals surface area contributed by atoms with Crippen molar-refractivity contribution in [2.45, 2.75) is 25.7 Å². The molecule has 0 radical (unpaired) electrons. The van der Waals surface area contributed by atoms with E-state index in [0.29, 0.717) is 16.4 Å². The number of halogens is 2. The minimum atomic E-state index is 0.407. The summed E-state index contributed by atoms with van der Waals surface area (Å²) in [6.07, 6.45) is 2.27. The van der Waals surface area contributed by atoms with Gasteiger partial charge in [0.15, 0.2) is 0 Å². The average molecular weight is 256 g/mol. The summed E-state index contributed by atoms with van der Waals surface area (Å²) in [4.78, 5) is 0. The Morgan fingerprint density at radius 2 is 2.19 bits per heavy atom. The maximum absolute atomic E-state index is 6.29. The average Bonchev–Trinajstić information content (AvgIpc) is 2.65. The Morgan fingerprint density at radius 3 is 3.00 bits per heavy atom. The monoisotopic (exact) mass is 255 g/mol. The molecule has 1 N–H and O–H groups in total. The Bertz CT molecular complexity index is 444. The van der Waals surface area contributed by atoms with Crippen molar-refractivity contribution in [3.8, 4) is 0 Å². The van der Waals surface area contributed by atoms with E-state index in [2.05, 4.69) is 18.3 Å². The second-order valence-electron chi connectivity index (χ2n) is 5.27. The molecule has 1 heterocycles. The molecule has 1 saturated heterocycles. The third-order valence-corrected chi connectivity index (χ3v) is 5.12. The van der Waals surface area contributed by atoms with Crippen LogP contribution >= 0.6 is 23.2 Å². The summed E-state index contributed by atoms with van der Waals surface area (Å²) >= 11 is 12.4. The van der Waals surface area contributed by atoms with Crippen molar-refractivity contribution in [1.29, 1.82) is 0 Å². The first-order chi connectivity index (χ1) is 7.62. The zero-order valence-corrected chi connectivity index (χ0v) is 10.8. The Labute approximate surface area is 106 Å². The summed E-state index contributed by atoms with van der Waals surface area (Å²) in [7, 11) is 0. The Balaban J connectivity index is 2.14. The molecule has 1 aromatic carbocycles. The number of hydrogen-bond acceptors (Lipinski definition) is 1. The predicted octanol–water partition coefficient (Wildman–Crippen LogP) is 3.63. The number of fused-ring (bicyclic) bond motifs is 3. The number of rotatable bonds is 0.